The van der Waals surface area contributed by atoms with Crippen molar-refractivity contribution in [1.82, 2.24) is 4.90 Å². The molecule has 0 aliphatic carbocycles. The number of morpholine rings is 1. The quantitative estimate of drug-likeness (QED) is 0.705. The summed E-state index contributed by atoms with van der Waals surface area (Å²) in [7, 11) is 2.12. The molecule has 78 valence electrons. The number of hydrogen-bond donors (Lipinski definition) is 1. The molecule has 0 radical (unpaired) electrons. The zero-order chi connectivity index (χ0) is 9.84. The molecule has 1 saturated heterocycles. The third kappa shape index (κ3) is 2.93. The lowest BCUT2D eigenvalue weighted by atomic mass is 9.94. The summed E-state index contributed by atoms with van der Waals surface area (Å²) in [6, 6.07) is 0.188. The van der Waals surface area contributed by atoms with Gasteiger partial charge in [-0.25, -0.2) is 0 Å². The largest absolute Gasteiger partial charge is 0.374 e. The van der Waals surface area contributed by atoms with Crippen molar-refractivity contribution in [3.63, 3.8) is 0 Å². The third-order valence-corrected chi connectivity index (χ3v) is 3.03. The van der Waals surface area contributed by atoms with E-state index in [1.165, 1.54) is 0 Å². The molecule has 1 rings (SSSR count). The highest BCUT2D eigenvalue weighted by molar-refractivity contribution is 4.82. The molecule has 13 heavy (non-hydrogen) atoms. The molecule has 3 nitrogen and oxygen atoms in total. The maximum Gasteiger partial charge on any atom is 0.0855 e. The molecule has 1 aliphatic rings. The topological polar surface area (TPSA) is 38.5 Å². The first-order chi connectivity index (χ1) is 6.15. The summed E-state index contributed by atoms with van der Waals surface area (Å²) >= 11 is 0. The van der Waals surface area contributed by atoms with Crippen LogP contribution in [0.15, 0.2) is 0 Å². The third-order valence-electron chi connectivity index (χ3n) is 3.03. The molecular formula is C10H22N2O. The predicted molar refractivity (Wildman–Crippen MR) is 54.7 cm³/mol. The Hall–Kier alpha value is -0.120. The van der Waals surface area contributed by atoms with Crippen molar-refractivity contribution in [2.24, 2.45) is 11.7 Å². The van der Waals surface area contributed by atoms with Crippen LogP contribution in [0.3, 0.4) is 0 Å². The van der Waals surface area contributed by atoms with E-state index >= 15 is 0 Å². The van der Waals surface area contributed by atoms with Gasteiger partial charge in [-0.3, -0.25) is 0 Å². The van der Waals surface area contributed by atoms with Gasteiger partial charge in [0.25, 0.3) is 0 Å². The Balaban J connectivity index is 2.41. The van der Waals surface area contributed by atoms with Crippen molar-refractivity contribution < 1.29 is 4.74 Å². The minimum absolute atomic E-state index is 0.188. The zero-order valence-electron chi connectivity index (χ0n) is 8.99. The first-order valence-corrected chi connectivity index (χ1v) is 5.21. The highest BCUT2D eigenvalue weighted by Crippen LogP contribution is 2.14. The van der Waals surface area contributed by atoms with E-state index in [0.29, 0.717) is 5.92 Å². The van der Waals surface area contributed by atoms with Gasteiger partial charge in [-0.15, -0.1) is 0 Å². The maximum atomic E-state index is 6.11. The Bertz CT molecular complexity index is 152. The molecule has 1 aliphatic heterocycles. The van der Waals surface area contributed by atoms with E-state index in [9.17, 15) is 0 Å². The molecule has 1 fully saturated rings. The van der Waals surface area contributed by atoms with Crippen LogP contribution in [0.5, 0.6) is 0 Å². The number of nitrogens with two attached hydrogens (primary N) is 1. The Morgan fingerprint density at radius 2 is 2.31 bits per heavy atom. The monoisotopic (exact) mass is 186 g/mol. The average molecular weight is 186 g/mol. The SMILES string of the molecule is CCC(C)C(N)C1CN(C)CCO1. The van der Waals surface area contributed by atoms with Gasteiger partial charge in [0.1, 0.15) is 0 Å². The number of ether oxygens (including phenoxy) is 1. The molecule has 0 aromatic rings. The molecule has 0 bridgehead atoms. The van der Waals surface area contributed by atoms with Crippen LogP contribution in [0, 0.1) is 5.92 Å². The lowest BCUT2D eigenvalue weighted by Gasteiger charge is -2.35. The highest BCUT2D eigenvalue weighted by atomic mass is 16.5. The standard InChI is InChI=1S/C10H22N2O/c1-4-8(2)10(11)9-7-12(3)5-6-13-9/h8-10H,4-7,11H2,1-3H3. The van der Waals surface area contributed by atoms with Gasteiger partial charge in [0, 0.05) is 19.1 Å². The summed E-state index contributed by atoms with van der Waals surface area (Å²) in [4.78, 5) is 2.29. The summed E-state index contributed by atoms with van der Waals surface area (Å²) < 4.78 is 5.67. The lowest BCUT2D eigenvalue weighted by molar-refractivity contribution is -0.0405. The van der Waals surface area contributed by atoms with Gasteiger partial charge in [0.05, 0.1) is 12.7 Å². The summed E-state index contributed by atoms with van der Waals surface area (Å²) in [6.07, 6.45) is 1.36. The van der Waals surface area contributed by atoms with Crippen molar-refractivity contribution in [1.29, 1.82) is 0 Å². The predicted octanol–water partition coefficient (Wildman–Crippen LogP) is 0.690. The van der Waals surface area contributed by atoms with Crippen LogP contribution < -0.4 is 5.73 Å². The first-order valence-electron chi connectivity index (χ1n) is 5.21. The van der Waals surface area contributed by atoms with E-state index < -0.39 is 0 Å². The highest BCUT2D eigenvalue weighted by Gasteiger charge is 2.26. The fraction of sp³-hybridized carbons (Fsp3) is 1.00. The van der Waals surface area contributed by atoms with Gasteiger partial charge in [-0.05, 0) is 13.0 Å². The van der Waals surface area contributed by atoms with E-state index in [2.05, 4.69) is 25.8 Å². The van der Waals surface area contributed by atoms with Gasteiger partial charge >= 0.3 is 0 Å². The molecule has 3 unspecified atom stereocenters. The van der Waals surface area contributed by atoms with Gasteiger partial charge in [-0.2, -0.15) is 0 Å². The molecular weight excluding hydrogens is 164 g/mol. The van der Waals surface area contributed by atoms with E-state index in [0.717, 1.165) is 26.1 Å². The lowest BCUT2D eigenvalue weighted by Crippen LogP contribution is -2.51. The van der Waals surface area contributed by atoms with Crippen LogP contribution in [-0.2, 0) is 4.74 Å². The smallest absolute Gasteiger partial charge is 0.0855 e. The molecule has 0 spiro atoms. The van der Waals surface area contributed by atoms with Crippen LogP contribution in [0.1, 0.15) is 20.3 Å². The molecule has 3 heteroatoms. The second kappa shape index (κ2) is 4.94. The van der Waals surface area contributed by atoms with Crippen molar-refractivity contribution in [3.05, 3.63) is 0 Å². The first kappa shape index (κ1) is 11.0. The Kier molecular flexibility index (Phi) is 4.16. The fourth-order valence-corrected chi connectivity index (χ4v) is 1.68. The van der Waals surface area contributed by atoms with Gasteiger partial charge in [0.2, 0.25) is 0 Å². The second-order valence-corrected chi connectivity index (χ2v) is 4.13. The number of hydrogen-bond acceptors (Lipinski definition) is 3. The molecule has 0 amide bonds. The average Bonchev–Trinajstić information content (AvgIpc) is 2.15. The Labute approximate surface area is 81.2 Å². The van der Waals surface area contributed by atoms with Crippen LogP contribution in [0.2, 0.25) is 0 Å². The minimum Gasteiger partial charge on any atom is -0.374 e. The van der Waals surface area contributed by atoms with E-state index in [4.69, 9.17) is 10.5 Å². The summed E-state index contributed by atoms with van der Waals surface area (Å²) in [5.74, 6) is 0.552. The number of likely N-dealkylation sites (N-methyl/N-ethyl adjacent to an activating group) is 1. The minimum atomic E-state index is 0.188. The fourth-order valence-electron chi connectivity index (χ4n) is 1.68. The normalized spacial score (nSPS) is 30.0. The Morgan fingerprint density at radius 3 is 2.85 bits per heavy atom. The van der Waals surface area contributed by atoms with E-state index in [-0.39, 0.29) is 12.1 Å². The summed E-state index contributed by atoms with van der Waals surface area (Å²) in [5, 5.41) is 0. The van der Waals surface area contributed by atoms with Gasteiger partial charge < -0.3 is 15.4 Å². The summed E-state index contributed by atoms with van der Waals surface area (Å²) in [6.45, 7) is 7.21. The van der Waals surface area contributed by atoms with E-state index in [1.807, 2.05) is 0 Å². The van der Waals surface area contributed by atoms with Crippen molar-refractivity contribution in [2.45, 2.75) is 32.4 Å². The van der Waals surface area contributed by atoms with Gasteiger partial charge in [0.15, 0.2) is 0 Å². The molecule has 3 atom stereocenters. The number of rotatable bonds is 3. The molecule has 0 saturated carbocycles. The van der Waals surface area contributed by atoms with Crippen LogP contribution in [-0.4, -0.2) is 43.8 Å². The summed E-state index contributed by atoms with van der Waals surface area (Å²) in [5.41, 5.74) is 6.11. The molecule has 1 heterocycles. The molecule has 0 aromatic heterocycles. The van der Waals surface area contributed by atoms with E-state index in [1.54, 1.807) is 0 Å². The van der Waals surface area contributed by atoms with Crippen LogP contribution >= 0.6 is 0 Å². The van der Waals surface area contributed by atoms with Crippen molar-refractivity contribution in [3.8, 4) is 0 Å². The second-order valence-electron chi connectivity index (χ2n) is 4.13. The maximum absolute atomic E-state index is 6.11. The van der Waals surface area contributed by atoms with Crippen LogP contribution in [0.4, 0.5) is 0 Å². The van der Waals surface area contributed by atoms with Crippen molar-refractivity contribution >= 4 is 0 Å². The molecule has 2 N–H and O–H groups in total. The molecule has 0 aromatic carbocycles. The van der Waals surface area contributed by atoms with Crippen molar-refractivity contribution in [2.75, 3.05) is 26.7 Å². The van der Waals surface area contributed by atoms with Crippen LogP contribution in [0.25, 0.3) is 0 Å². The number of nitrogens with zero attached hydrogens (tertiary/aromatic N) is 1. The Morgan fingerprint density at radius 1 is 1.62 bits per heavy atom. The van der Waals surface area contributed by atoms with Gasteiger partial charge in [-0.1, -0.05) is 20.3 Å². The zero-order valence-corrected chi connectivity index (χ0v) is 8.99.